The van der Waals surface area contributed by atoms with Crippen LogP contribution in [0.3, 0.4) is 0 Å². The smallest absolute Gasteiger partial charge is 0.124 e. The fourth-order valence-electron chi connectivity index (χ4n) is 2.37. The molecule has 2 aromatic rings. The molecule has 0 aromatic heterocycles. The van der Waals surface area contributed by atoms with E-state index >= 15 is 0 Å². The Morgan fingerprint density at radius 1 is 0.960 bits per heavy atom. The molecule has 0 amide bonds. The van der Waals surface area contributed by atoms with Crippen LogP contribution in [0.15, 0.2) is 66.1 Å². The van der Waals surface area contributed by atoms with E-state index in [0.717, 1.165) is 12.0 Å². The highest BCUT2D eigenvalue weighted by molar-refractivity contribution is 5.69. The predicted molar refractivity (Wildman–Crippen MR) is 102 cm³/mol. The van der Waals surface area contributed by atoms with Gasteiger partial charge in [-0.25, -0.2) is 0 Å². The van der Waals surface area contributed by atoms with Crippen LogP contribution in [0.2, 0.25) is 0 Å². The van der Waals surface area contributed by atoms with E-state index in [4.69, 9.17) is 22.9 Å². The summed E-state index contributed by atoms with van der Waals surface area (Å²) >= 11 is 0. The maximum absolute atomic E-state index is 9.87. The molecule has 0 unspecified atom stereocenters. The van der Waals surface area contributed by atoms with Crippen molar-refractivity contribution in [3.05, 3.63) is 82.8 Å². The van der Waals surface area contributed by atoms with E-state index in [1.165, 1.54) is 5.56 Å². The second kappa shape index (κ2) is 8.65. The maximum atomic E-state index is 9.87. The van der Waals surface area contributed by atoms with Crippen molar-refractivity contribution < 1.29 is 5.11 Å². The van der Waals surface area contributed by atoms with Crippen LogP contribution in [0, 0.1) is 0 Å². The summed E-state index contributed by atoms with van der Waals surface area (Å²) in [5, 5.41) is 13.1. The number of para-hydroxylation sites is 1. The van der Waals surface area contributed by atoms with Crippen LogP contribution in [0.5, 0.6) is 5.75 Å². The molecule has 0 aliphatic carbocycles. The number of hydrogen-bond acceptors (Lipinski definition) is 6. The van der Waals surface area contributed by atoms with Gasteiger partial charge in [-0.05, 0) is 35.8 Å². The molecule has 2 rings (SSSR count). The Bertz CT molecular complexity index is 762. The zero-order valence-corrected chi connectivity index (χ0v) is 14.1. The quantitative estimate of drug-likeness (QED) is 0.418. The average Bonchev–Trinajstić information content (AvgIpc) is 2.61. The van der Waals surface area contributed by atoms with Gasteiger partial charge in [0.25, 0.3) is 0 Å². The fraction of sp³-hybridized carbons (Fsp3) is 0.158. The first-order valence-electron chi connectivity index (χ1n) is 8.03. The lowest BCUT2D eigenvalue weighted by Crippen LogP contribution is -2.24. The Hall–Kier alpha value is -3.12. The SMILES string of the molecule is NCc1ccc(CCNC(/C=C(\N)c2ccccc2O)=C(N)N)cc1. The van der Waals surface area contributed by atoms with E-state index in [0.29, 0.717) is 30.0 Å². The summed E-state index contributed by atoms with van der Waals surface area (Å²) in [4.78, 5) is 0. The summed E-state index contributed by atoms with van der Waals surface area (Å²) in [6.07, 6.45) is 2.42. The number of nitrogens with two attached hydrogens (primary N) is 4. The first kappa shape index (κ1) is 18.2. The minimum atomic E-state index is 0.103. The molecule has 2 aromatic carbocycles. The Morgan fingerprint density at radius 3 is 2.20 bits per heavy atom. The summed E-state index contributed by atoms with van der Waals surface area (Å²) in [5.41, 5.74) is 26.8. The molecule has 0 atom stereocenters. The van der Waals surface area contributed by atoms with Gasteiger partial charge in [0.1, 0.15) is 11.6 Å². The maximum Gasteiger partial charge on any atom is 0.124 e. The molecule has 25 heavy (non-hydrogen) atoms. The van der Waals surface area contributed by atoms with Crippen molar-refractivity contribution in [2.45, 2.75) is 13.0 Å². The standard InChI is InChI=1S/C19H25N5O/c20-12-14-7-5-13(6-8-14)9-10-24-17(19(22)23)11-16(21)15-3-1-2-4-18(15)25/h1-8,11,24-25H,9-10,12,20-23H2/b16-11-. The molecule has 132 valence electrons. The molecular weight excluding hydrogens is 314 g/mol. The molecule has 0 heterocycles. The first-order valence-corrected chi connectivity index (χ1v) is 8.03. The monoisotopic (exact) mass is 339 g/mol. The minimum Gasteiger partial charge on any atom is -0.507 e. The second-order valence-electron chi connectivity index (χ2n) is 5.68. The molecule has 0 aliphatic rings. The highest BCUT2D eigenvalue weighted by Gasteiger charge is 2.05. The van der Waals surface area contributed by atoms with Gasteiger partial charge in [0.05, 0.1) is 5.70 Å². The van der Waals surface area contributed by atoms with Crippen molar-refractivity contribution in [1.29, 1.82) is 0 Å². The number of phenols is 1. The summed E-state index contributed by atoms with van der Waals surface area (Å²) < 4.78 is 0. The van der Waals surface area contributed by atoms with Gasteiger partial charge in [-0.3, -0.25) is 0 Å². The van der Waals surface area contributed by atoms with Crippen LogP contribution in [-0.2, 0) is 13.0 Å². The number of nitrogens with one attached hydrogen (secondary N) is 1. The third-order valence-corrected chi connectivity index (χ3v) is 3.81. The Balaban J connectivity index is 2.03. The van der Waals surface area contributed by atoms with Gasteiger partial charge >= 0.3 is 0 Å². The largest absolute Gasteiger partial charge is 0.507 e. The minimum absolute atomic E-state index is 0.103. The van der Waals surface area contributed by atoms with Crippen LogP contribution in [-0.4, -0.2) is 11.7 Å². The molecule has 6 heteroatoms. The van der Waals surface area contributed by atoms with Gasteiger partial charge in [0, 0.05) is 24.4 Å². The van der Waals surface area contributed by atoms with Crippen molar-refractivity contribution in [3.8, 4) is 5.75 Å². The van der Waals surface area contributed by atoms with Gasteiger partial charge in [0.15, 0.2) is 0 Å². The summed E-state index contributed by atoms with van der Waals surface area (Å²) in [6.45, 7) is 1.17. The van der Waals surface area contributed by atoms with Crippen LogP contribution in [0.4, 0.5) is 0 Å². The zero-order valence-electron chi connectivity index (χ0n) is 14.1. The molecule has 10 N–H and O–H groups in total. The van der Waals surface area contributed by atoms with Gasteiger partial charge in [-0.15, -0.1) is 0 Å². The molecule has 0 fully saturated rings. The van der Waals surface area contributed by atoms with Gasteiger partial charge in [-0.2, -0.15) is 0 Å². The molecule has 0 bridgehead atoms. The van der Waals surface area contributed by atoms with Gasteiger partial charge < -0.3 is 33.4 Å². The molecule has 0 radical (unpaired) electrons. The van der Waals surface area contributed by atoms with Gasteiger partial charge in [0.2, 0.25) is 0 Å². The first-order chi connectivity index (χ1) is 12.0. The molecule has 6 nitrogen and oxygen atoms in total. The number of rotatable bonds is 7. The lowest BCUT2D eigenvalue weighted by atomic mass is 10.1. The fourth-order valence-corrected chi connectivity index (χ4v) is 2.37. The van der Waals surface area contributed by atoms with Crippen LogP contribution in [0.1, 0.15) is 16.7 Å². The Kier molecular flexibility index (Phi) is 6.31. The van der Waals surface area contributed by atoms with E-state index in [1.54, 1.807) is 30.3 Å². The van der Waals surface area contributed by atoms with E-state index in [-0.39, 0.29) is 11.6 Å². The molecular formula is C19H25N5O. The lowest BCUT2D eigenvalue weighted by Gasteiger charge is -2.11. The molecule has 0 spiro atoms. The molecule has 0 saturated heterocycles. The summed E-state index contributed by atoms with van der Waals surface area (Å²) in [7, 11) is 0. The topological polar surface area (TPSA) is 136 Å². The normalized spacial score (nSPS) is 11.2. The number of hydrogen-bond donors (Lipinski definition) is 6. The molecule has 0 aliphatic heterocycles. The highest BCUT2D eigenvalue weighted by atomic mass is 16.3. The highest BCUT2D eigenvalue weighted by Crippen LogP contribution is 2.21. The van der Waals surface area contributed by atoms with Crippen molar-refractivity contribution in [2.24, 2.45) is 22.9 Å². The van der Waals surface area contributed by atoms with Crippen molar-refractivity contribution in [3.63, 3.8) is 0 Å². The van der Waals surface area contributed by atoms with Gasteiger partial charge in [-0.1, -0.05) is 36.4 Å². The second-order valence-corrected chi connectivity index (χ2v) is 5.68. The zero-order chi connectivity index (χ0) is 18.2. The van der Waals surface area contributed by atoms with E-state index in [1.807, 2.05) is 24.3 Å². The van der Waals surface area contributed by atoms with E-state index in [9.17, 15) is 5.11 Å². The summed E-state index contributed by atoms with van der Waals surface area (Å²) in [5.74, 6) is 0.239. The number of aromatic hydroxyl groups is 1. The number of phenolic OH excluding ortho intramolecular Hbond substituents is 1. The number of allylic oxidation sites excluding steroid dienone is 1. The van der Waals surface area contributed by atoms with Crippen LogP contribution in [0.25, 0.3) is 5.70 Å². The summed E-state index contributed by atoms with van der Waals surface area (Å²) in [6, 6.07) is 14.9. The third-order valence-electron chi connectivity index (χ3n) is 3.81. The molecule has 0 saturated carbocycles. The Labute approximate surface area is 147 Å². The van der Waals surface area contributed by atoms with E-state index < -0.39 is 0 Å². The van der Waals surface area contributed by atoms with Crippen molar-refractivity contribution in [1.82, 2.24) is 5.32 Å². The van der Waals surface area contributed by atoms with Crippen LogP contribution < -0.4 is 28.3 Å². The van der Waals surface area contributed by atoms with Crippen LogP contribution >= 0.6 is 0 Å². The predicted octanol–water partition coefficient (Wildman–Crippen LogP) is 1.07. The number of benzene rings is 2. The lowest BCUT2D eigenvalue weighted by molar-refractivity contribution is 0.473. The van der Waals surface area contributed by atoms with Crippen molar-refractivity contribution in [2.75, 3.05) is 6.54 Å². The van der Waals surface area contributed by atoms with E-state index in [2.05, 4.69) is 5.32 Å². The average molecular weight is 339 g/mol. The third kappa shape index (κ3) is 5.19. The van der Waals surface area contributed by atoms with Crippen molar-refractivity contribution >= 4 is 5.70 Å². The Morgan fingerprint density at radius 2 is 1.60 bits per heavy atom.